The van der Waals surface area contributed by atoms with Crippen molar-refractivity contribution in [2.45, 2.75) is 37.6 Å². The van der Waals surface area contributed by atoms with Gasteiger partial charge in [0.05, 0.1) is 4.90 Å². The van der Waals surface area contributed by atoms with Crippen molar-refractivity contribution in [2.75, 3.05) is 4.72 Å². The zero-order chi connectivity index (χ0) is 17.6. The lowest BCUT2D eigenvalue weighted by molar-refractivity contribution is 0.0935. The molecule has 2 N–H and O–H groups in total. The highest BCUT2D eigenvalue weighted by Crippen LogP contribution is 2.17. The minimum atomic E-state index is -3.67. The minimum Gasteiger partial charge on any atom is -0.349 e. The van der Waals surface area contributed by atoms with Gasteiger partial charge >= 0.3 is 0 Å². The van der Waals surface area contributed by atoms with Gasteiger partial charge in [-0.25, -0.2) is 8.42 Å². The van der Waals surface area contributed by atoms with E-state index in [1.165, 1.54) is 18.2 Å². The Hall–Kier alpha value is -2.34. The van der Waals surface area contributed by atoms with Gasteiger partial charge in [0.1, 0.15) is 0 Å². The van der Waals surface area contributed by atoms with E-state index in [0.717, 1.165) is 12.8 Å². The third-order valence-corrected chi connectivity index (χ3v) is 5.15. The fraction of sp³-hybridized carbons (Fsp3) is 0.278. The van der Waals surface area contributed by atoms with E-state index in [9.17, 15) is 13.2 Å². The van der Waals surface area contributed by atoms with Crippen molar-refractivity contribution in [3.63, 3.8) is 0 Å². The van der Waals surface area contributed by atoms with Crippen molar-refractivity contribution in [1.29, 1.82) is 0 Å². The molecule has 0 aliphatic carbocycles. The molecule has 0 heterocycles. The van der Waals surface area contributed by atoms with E-state index in [1.807, 2.05) is 13.8 Å². The maximum Gasteiger partial charge on any atom is 0.261 e. The van der Waals surface area contributed by atoms with Crippen molar-refractivity contribution >= 4 is 21.6 Å². The van der Waals surface area contributed by atoms with Crippen LogP contribution in [-0.4, -0.2) is 20.4 Å². The Bertz CT molecular complexity index is 785. The molecule has 0 bridgehead atoms. The largest absolute Gasteiger partial charge is 0.349 e. The van der Waals surface area contributed by atoms with Gasteiger partial charge in [-0.05, 0) is 43.2 Å². The zero-order valence-corrected chi connectivity index (χ0v) is 14.6. The van der Waals surface area contributed by atoms with E-state index in [4.69, 9.17) is 0 Å². The van der Waals surface area contributed by atoms with Crippen LogP contribution in [0, 0.1) is 0 Å². The monoisotopic (exact) mass is 346 g/mol. The van der Waals surface area contributed by atoms with Crippen LogP contribution in [0.5, 0.6) is 0 Å². The molecular formula is C18H22N2O3S. The van der Waals surface area contributed by atoms with Gasteiger partial charge in [-0.2, -0.15) is 0 Å². The van der Waals surface area contributed by atoms with Crippen LogP contribution >= 0.6 is 0 Å². The number of rotatable bonds is 7. The Balaban J connectivity index is 2.17. The van der Waals surface area contributed by atoms with Crippen molar-refractivity contribution < 1.29 is 13.2 Å². The van der Waals surface area contributed by atoms with Gasteiger partial charge in [-0.1, -0.05) is 38.1 Å². The molecule has 0 saturated heterocycles. The third kappa shape index (κ3) is 4.58. The zero-order valence-electron chi connectivity index (χ0n) is 13.8. The van der Waals surface area contributed by atoms with E-state index in [1.54, 1.807) is 36.4 Å². The van der Waals surface area contributed by atoms with Crippen LogP contribution in [0.15, 0.2) is 59.5 Å². The summed E-state index contributed by atoms with van der Waals surface area (Å²) in [6.45, 7) is 4.03. The molecule has 0 fully saturated rings. The summed E-state index contributed by atoms with van der Waals surface area (Å²) in [5, 5.41) is 2.94. The number of sulfonamides is 1. The van der Waals surface area contributed by atoms with E-state index in [2.05, 4.69) is 10.0 Å². The van der Waals surface area contributed by atoms with Gasteiger partial charge < -0.3 is 5.32 Å². The number of hydrogen-bond acceptors (Lipinski definition) is 3. The molecule has 0 aliphatic rings. The maximum absolute atomic E-state index is 12.3. The summed E-state index contributed by atoms with van der Waals surface area (Å²) in [6, 6.07) is 14.7. The van der Waals surface area contributed by atoms with Gasteiger partial charge in [-0.3, -0.25) is 9.52 Å². The quantitative estimate of drug-likeness (QED) is 0.807. The molecule has 0 radical (unpaired) electrons. The first-order valence-corrected chi connectivity index (χ1v) is 9.43. The van der Waals surface area contributed by atoms with E-state index >= 15 is 0 Å². The van der Waals surface area contributed by atoms with Crippen molar-refractivity contribution in [3.8, 4) is 0 Å². The Labute approximate surface area is 143 Å². The molecule has 24 heavy (non-hydrogen) atoms. The van der Waals surface area contributed by atoms with Gasteiger partial charge in [-0.15, -0.1) is 0 Å². The summed E-state index contributed by atoms with van der Waals surface area (Å²) in [4.78, 5) is 12.5. The SMILES string of the molecule is CCC(CC)NC(=O)c1cccc(NS(=O)(=O)c2ccccc2)c1. The van der Waals surface area contributed by atoms with Crippen LogP contribution in [0.2, 0.25) is 0 Å². The topological polar surface area (TPSA) is 75.3 Å². The van der Waals surface area contributed by atoms with Crippen LogP contribution in [0.25, 0.3) is 0 Å². The predicted octanol–water partition coefficient (Wildman–Crippen LogP) is 3.41. The standard InChI is InChI=1S/C18H22N2O3S/c1-3-15(4-2)19-18(21)14-9-8-10-16(13-14)20-24(22,23)17-11-6-5-7-12-17/h5-13,15,20H,3-4H2,1-2H3,(H,19,21). The number of anilines is 1. The lowest BCUT2D eigenvalue weighted by Crippen LogP contribution is -2.33. The van der Waals surface area contributed by atoms with Crippen LogP contribution in [-0.2, 0) is 10.0 Å². The lowest BCUT2D eigenvalue weighted by Gasteiger charge is -2.15. The Morgan fingerprint density at radius 3 is 2.29 bits per heavy atom. The van der Waals surface area contributed by atoms with Crippen LogP contribution in [0.1, 0.15) is 37.0 Å². The summed E-state index contributed by atoms with van der Waals surface area (Å²) in [5.74, 6) is -0.204. The van der Waals surface area contributed by atoms with Crippen LogP contribution in [0.4, 0.5) is 5.69 Å². The van der Waals surface area contributed by atoms with Crippen molar-refractivity contribution in [3.05, 3.63) is 60.2 Å². The molecule has 2 aromatic carbocycles. The van der Waals surface area contributed by atoms with Gasteiger partial charge in [0.15, 0.2) is 0 Å². The number of carbonyl (C=O) groups is 1. The molecule has 2 rings (SSSR count). The normalized spacial score (nSPS) is 11.3. The molecule has 0 atom stereocenters. The minimum absolute atomic E-state index is 0.113. The molecule has 5 nitrogen and oxygen atoms in total. The first-order valence-electron chi connectivity index (χ1n) is 7.95. The second kappa shape index (κ2) is 7.97. The highest BCUT2D eigenvalue weighted by Gasteiger charge is 2.15. The highest BCUT2D eigenvalue weighted by molar-refractivity contribution is 7.92. The van der Waals surface area contributed by atoms with Crippen LogP contribution in [0.3, 0.4) is 0 Å². The molecular weight excluding hydrogens is 324 g/mol. The second-order valence-electron chi connectivity index (χ2n) is 5.49. The number of amides is 1. The second-order valence-corrected chi connectivity index (χ2v) is 7.17. The Morgan fingerprint density at radius 2 is 1.67 bits per heavy atom. The maximum atomic E-state index is 12.3. The van der Waals surface area contributed by atoms with E-state index < -0.39 is 10.0 Å². The third-order valence-electron chi connectivity index (χ3n) is 3.75. The molecule has 0 aliphatic heterocycles. The highest BCUT2D eigenvalue weighted by atomic mass is 32.2. The molecule has 0 saturated carbocycles. The molecule has 0 aromatic heterocycles. The first-order chi connectivity index (χ1) is 11.5. The van der Waals surface area contributed by atoms with Gasteiger partial charge in [0.25, 0.3) is 15.9 Å². The molecule has 0 unspecified atom stereocenters. The average molecular weight is 346 g/mol. The lowest BCUT2D eigenvalue weighted by atomic mass is 10.1. The molecule has 2 aromatic rings. The summed E-state index contributed by atoms with van der Waals surface area (Å²) in [5.41, 5.74) is 0.784. The number of carbonyl (C=O) groups excluding carboxylic acids is 1. The Kier molecular flexibility index (Phi) is 5.98. The predicted molar refractivity (Wildman–Crippen MR) is 95.5 cm³/mol. The van der Waals surface area contributed by atoms with Crippen LogP contribution < -0.4 is 10.0 Å². The summed E-state index contributed by atoms with van der Waals surface area (Å²) in [6.07, 6.45) is 1.70. The summed E-state index contributed by atoms with van der Waals surface area (Å²) in [7, 11) is -3.67. The smallest absolute Gasteiger partial charge is 0.261 e. The number of hydrogen-bond donors (Lipinski definition) is 2. The van der Waals surface area contributed by atoms with Gasteiger partial charge in [0.2, 0.25) is 0 Å². The molecule has 1 amide bonds. The molecule has 0 spiro atoms. The number of benzene rings is 2. The first kappa shape index (κ1) is 18.0. The average Bonchev–Trinajstić information content (AvgIpc) is 2.60. The van der Waals surface area contributed by atoms with E-state index in [0.29, 0.717) is 11.3 Å². The van der Waals surface area contributed by atoms with Crippen molar-refractivity contribution in [2.24, 2.45) is 0 Å². The molecule has 128 valence electrons. The van der Waals surface area contributed by atoms with Crippen molar-refractivity contribution in [1.82, 2.24) is 5.32 Å². The van der Waals surface area contributed by atoms with Gasteiger partial charge in [0, 0.05) is 17.3 Å². The summed E-state index contributed by atoms with van der Waals surface area (Å²) >= 11 is 0. The Morgan fingerprint density at radius 1 is 1.00 bits per heavy atom. The number of nitrogens with one attached hydrogen (secondary N) is 2. The fourth-order valence-electron chi connectivity index (χ4n) is 2.30. The van der Waals surface area contributed by atoms with E-state index in [-0.39, 0.29) is 16.8 Å². The fourth-order valence-corrected chi connectivity index (χ4v) is 3.37. The summed E-state index contributed by atoms with van der Waals surface area (Å²) < 4.78 is 27.2. The molecule has 6 heteroatoms.